The minimum Gasteiger partial charge on any atom is -0.310 e. The predicted molar refractivity (Wildman–Crippen MR) is 75.2 cm³/mol. The van der Waals surface area contributed by atoms with Crippen LogP contribution in [0, 0.1) is 6.92 Å². The lowest BCUT2D eigenvalue weighted by Gasteiger charge is -2.19. The lowest BCUT2D eigenvalue weighted by molar-refractivity contribution is -0.135. The second kappa shape index (κ2) is 7.29. The summed E-state index contributed by atoms with van der Waals surface area (Å²) in [6.45, 7) is 4.68. The number of rotatable bonds is 6. The van der Waals surface area contributed by atoms with Crippen molar-refractivity contribution in [2.45, 2.75) is 45.3 Å². The van der Waals surface area contributed by atoms with Gasteiger partial charge in [-0.2, -0.15) is 13.2 Å². The van der Waals surface area contributed by atoms with Gasteiger partial charge in [-0.25, -0.2) is 0 Å². The third kappa shape index (κ3) is 5.95. The maximum Gasteiger partial charge on any atom is 0.389 e. The van der Waals surface area contributed by atoms with E-state index in [1.165, 1.54) is 0 Å². The van der Waals surface area contributed by atoms with Crippen LogP contribution in [0.5, 0.6) is 0 Å². The second-order valence-corrected chi connectivity index (χ2v) is 5.48. The second-order valence-electron chi connectivity index (χ2n) is 4.63. The molecule has 0 aliphatic heterocycles. The zero-order chi connectivity index (χ0) is 14.5. The Kier molecular flexibility index (Phi) is 6.33. The van der Waals surface area contributed by atoms with Gasteiger partial charge in [-0.3, -0.25) is 0 Å². The average Bonchev–Trinajstić information content (AvgIpc) is 2.30. The fraction of sp³-hybridized carbons (Fsp3) is 0.571. The van der Waals surface area contributed by atoms with Crippen LogP contribution in [-0.4, -0.2) is 12.7 Å². The van der Waals surface area contributed by atoms with E-state index in [-0.39, 0.29) is 12.5 Å². The topological polar surface area (TPSA) is 12.0 Å². The number of aryl methyl sites for hydroxylation is 1. The van der Waals surface area contributed by atoms with E-state index in [1.54, 1.807) is 0 Å². The van der Waals surface area contributed by atoms with Crippen molar-refractivity contribution in [2.75, 3.05) is 6.54 Å². The van der Waals surface area contributed by atoms with Crippen molar-refractivity contribution in [3.05, 3.63) is 33.8 Å². The molecule has 108 valence electrons. The van der Waals surface area contributed by atoms with Gasteiger partial charge in [0.1, 0.15) is 0 Å². The van der Waals surface area contributed by atoms with Gasteiger partial charge in [0.2, 0.25) is 0 Å². The van der Waals surface area contributed by atoms with Crippen LogP contribution in [0.1, 0.15) is 43.4 Å². The fourth-order valence-corrected chi connectivity index (χ4v) is 2.36. The van der Waals surface area contributed by atoms with Crippen molar-refractivity contribution in [3.8, 4) is 0 Å². The van der Waals surface area contributed by atoms with E-state index < -0.39 is 12.6 Å². The molecule has 1 rings (SSSR count). The van der Waals surface area contributed by atoms with E-state index in [4.69, 9.17) is 0 Å². The summed E-state index contributed by atoms with van der Waals surface area (Å²) in [5.41, 5.74) is 2.15. The fourth-order valence-electron chi connectivity index (χ4n) is 1.97. The zero-order valence-electron chi connectivity index (χ0n) is 11.1. The number of hydrogen-bond donors (Lipinski definition) is 1. The number of halogens is 4. The Morgan fingerprint density at radius 3 is 2.53 bits per heavy atom. The molecule has 1 aromatic rings. The lowest BCUT2D eigenvalue weighted by Crippen LogP contribution is -2.21. The molecule has 0 radical (unpaired) electrons. The molecule has 5 heteroatoms. The van der Waals surface area contributed by atoms with Crippen LogP contribution in [-0.2, 0) is 0 Å². The average molecular weight is 338 g/mol. The van der Waals surface area contributed by atoms with Crippen molar-refractivity contribution in [1.82, 2.24) is 5.32 Å². The van der Waals surface area contributed by atoms with E-state index in [2.05, 4.69) is 21.2 Å². The Morgan fingerprint density at radius 1 is 1.32 bits per heavy atom. The summed E-state index contributed by atoms with van der Waals surface area (Å²) < 4.78 is 37.5. The molecule has 0 heterocycles. The summed E-state index contributed by atoms with van der Waals surface area (Å²) in [6, 6.07) is 5.91. The predicted octanol–water partition coefficient (Wildman–Crippen LogP) is 5.14. The van der Waals surface area contributed by atoms with Gasteiger partial charge in [0, 0.05) is 16.9 Å². The smallest absolute Gasteiger partial charge is 0.310 e. The molecule has 19 heavy (non-hydrogen) atoms. The van der Waals surface area contributed by atoms with E-state index in [1.807, 2.05) is 32.0 Å². The number of nitrogens with one attached hydrogen (secondary N) is 1. The molecule has 1 unspecified atom stereocenters. The summed E-state index contributed by atoms with van der Waals surface area (Å²) in [5, 5.41) is 3.24. The molecule has 1 atom stereocenters. The van der Waals surface area contributed by atoms with Gasteiger partial charge >= 0.3 is 6.18 Å². The Labute approximate surface area is 120 Å². The minimum atomic E-state index is -4.06. The number of benzene rings is 1. The molecule has 0 bridgehead atoms. The first-order valence-electron chi connectivity index (χ1n) is 6.39. The van der Waals surface area contributed by atoms with E-state index >= 15 is 0 Å². The Bertz CT molecular complexity index is 404. The molecule has 0 spiro atoms. The third-order valence-corrected chi connectivity index (χ3v) is 3.86. The van der Waals surface area contributed by atoms with Crippen molar-refractivity contribution in [3.63, 3.8) is 0 Å². The van der Waals surface area contributed by atoms with Gasteiger partial charge in [0.15, 0.2) is 0 Å². The van der Waals surface area contributed by atoms with Crippen LogP contribution in [0.3, 0.4) is 0 Å². The third-order valence-electron chi connectivity index (χ3n) is 3.00. The quantitative estimate of drug-likeness (QED) is 0.757. The Hall–Kier alpha value is -0.550. The number of hydrogen-bond acceptors (Lipinski definition) is 1. The molecule has 0 amide bonds. The Morgan fingerprint density at radius 2 is 2.00 bits per heavy atom. The molecule has 0 saturated heterocycles. The van der Waals surface area contributed by atoms with E-state index in [9.17, 15) is 13.2 Å². The highest BCUT2D eigenvalue weighted by atomic mass is 79.9. The lowest BCUT2D eigenvalue weighted by atomic mass is 10.00. The van der Waals surface area contributed by atoms with Crippen molar-refractivity contribution in [2.24, 2.45) is 0 Å². The van der Waals surface area contributed by atoms with E-state index in [0.29, 0.717) is 6.42 Å². The molecule has 0 saturated carbocycles. The molecule has 1 N–H and O–H groups in total. The molecule has 1 nitrogen and oxygen atoms in total. The first-order valence-corrected chi connectivity index (χ1v) is 7.19. The normalized spacial score (nSPS) is 13.6. The maximum atomic E-state index is 12.2. The van der Waals surface area contributed by atoms with Gasteiger partial charge in [-0.05, 0) is 43.5 Å². The van der Waals surface area contributed by atoms with Crippen LogP contribution >= 0.6 is 15.9 Å². The molecule has 0 fully saturated rings. The van der Waals surface area contributed by atoms with Crippen molar-refractivity contribution >= 4 is 15.9 Å². The summed E-state index contributed by atoms with van der Waals surface area (Å²) in [4.78, 5) is 0. The standard InChI is InChI=1S/C14H19BrF3N/c1-3-19-13(5-4-8-14(16,17)18)11-7-6-10(2)12(15)9-11/h6-7,9,13,19H,3-5,8H2,1-2H3. The summed E-state index contributed by atoms with van der Waals surface area (Å²) in [5.74, 6) is 0. The number of alkyl halides is 3. The van der Waals surface area contributed by atoms with Gasteiger partial charge in [0.25, 0.3) is 0 Å². The van der Waals surface area contributed by atoms with Crippen molar-refractivity contribution in [1.29, 1.82) is 0 Å². The van der Waals surface area contributed by atoms with E-state index in [0.717, 1.165) is 22.1 Å². The largest absolute Gasteiger partial charge is 0.389 e. The van der Waals surface area contributed by atoms with Crippen molar-refractivity contribution < 1.29 is 13.2 Å². The molecule has 1 aromatic carbocycles. The first kappa shape index (κ1) is 16.5. The van der Waals surface area contributed by atoms with Crippen LogP contribution < -0.4 is 5.32 Å². The van der Waals surface area contributed by atoms with Crippen LogP contribution in [0.15, 0.2) is 22.7 Å². The Balaban J connectivity index is 2.68. The monoisotopic (exact) mass is 337 g/mol. The SMILES string of the molecule is CCNC(CCCC(F)(F)F)c1ccc(C)c(Br)c1. The highest BCUT2D eigenvalue weighted by Gasteiger charge is 2.26. The first-order chi connectivity index (χ1) is 8.83. The zero-order valence-corrected chi connectivity index (χ0v) is 12.7. The van der Waals surface area contributed by atoms with Crippen LogP contribution in [0.2, 0.25) is 0 Å². The van der Waals surface area contributed by atoms with Gasteiger partial charge in [0.05, 0.1) is 0 Å². The highest BCUT2D eigenvalue weighted by molar-refractivity contribution is 9.10. The summed E-state index contributed by atoms with van der Waals surface area (Å²) >= 11 is 3.46. The molecule has 0 aromatic heterocycles. The van der Waals surface area contributed by atoms with Crippen LogP contribution in [0.4, 0.5) is 13.2 Å². The summed E-state index contributed by atoms with van der Waals surface area (Å²) in [6.07, 6.45) is -4.15. The summed E-state index contributed by atoms with van der Waals surface area (Å²) in [7, 11) is 0. The molecular weight excluding hydrogens is 319 g/mol. The van der Waals surface area contributed by atoms with Gasteiger partial charge in [-0.1, -0.05) is 35.0 Å². The minimum absolute atomic E-state index is 0.0238. The van der Waals surface area contributed by atoms with Gasteiger partial charge in [-0.15, -0.1) is 0 Å². The molecule has 0 aliphatic carbocycles. The maximum absolute atomic E-state index is 12.2. The van der Waals surface area contributed by atoms with Gasteiger partial charge < -0.3 is 5.32 Å². The molecule has 0 aliphatic rings. The molecular formula is C14H19BrF3N. The van der Waals surface area contributed by atoms with Crippen LogP contribution in [0.25, 0.3) is 0 Å². The highest BCUT2D eigenvalue weighted by Crippen LogP contribution is 2.28.